The second kappa shape index (κ2) is 6.92. The maximum atomic E-state index is 12.7. The Hall–Kier alpha value is -2.20. The maximum absolute atomic E-state index is 12.7. The summed E-state index contributed by atoms with van der Waals surface area (Å²) in [5.41, 5.74) is 3.77. The smallest absolute Gasteiger partial charge is 0.195 e. The average molecular weight is 312 g/mol. The first-order chi connectivity index (χ1) is 10.8. The van der Waals surface area contributed by atoms with E-state index in [1.54, 1.807) is 0 Å². The average Bonchev–Trinajstić information content (AvgIpc) is 2.82. The number of Topliss-reactive ketones (excluding diaryl/α,β-unsaturated/α-hetero) is 2. The van der Waals surface area contributed by atoms with Crippen LogP contribution in [0.1, 0.15) is 64.5 Å². The number of aromatic nitrogens is 1. The lowest BCUT2D eigenvalue weighted by Crippen LogP contribution is -2.36. The molecule has 122 valence electrons. The van der Waals surface area contributed by atoms with Crippen LogP contribution in [-0.4, -0.2) is 22.6 Å². The molecule has 1 aromatic heterocycles. The molecule has 0 unspecified atom stereocenters. The number of hydrogen-bond acceptors (Lipinski definition) is 3. The minimum atomic E-state index is -0.346. The zero-order valence-electron chi connectivity index (χ0n) is 14.4. The third-order valence-electron chi connectivity index (χ3n) is 4.23. The van der Waals surface area contributed by atoms with Gasteiger partial charge in [0, 0.05) is 17.3 Å². The van der Waals surface area contributed by atoms with E-state index >= 15 is 0 Å². The molecular weight excluding hydrogens is 288 g/mol. The first kappa shape index (κ1) is 17.2. The molecule has 0 fully saturated rings. The number of carbonyl (C=O) groups is 2. The second-order valence-electron chi connectivity index (χ2n) is 6.07. The van der Waals surface area contributed by atoms with Crippen LogP contribution in [0.2, 0.25) is 0 Å². The van der Waals surface area contributed by atoms with E-state index < -0.39 is 0 Å². The number of aromatic amines is 1. The molecule has 1 heterocycles. The van der Waals surface area contributed by atoms with Gasteiger partial charge < -0.3 is 10.3 Å². The van der Waals surface area contributed by atoms with Crippen LogP contribution in [0.5, 0.6) is 0 Å². The van der Waals surface area contributed by atoms with Crippen LogP contribution in [0.25, 0.3) is 0 Å². The van der Waals surface area contributed by atoms with Gasteiger partial charge >= 0.3 is 0 Å². The normalized spacial score (nSPS) is 13.6. The number of carbonyl (C=O) groups excluding carboxylic acids is 2. The number of ketones is 2. The molecular formula is C19H24N2O2. The predicted octanol–water partition coefficient (Wildman–Crippen LogP) is 3.76. The van der Waals surface area contributed by atoms with Crippen molar-refractivity contribution in [2.24, 2.45) is 0 Å². The van der Waals surface area contributed by atoms with Crippen molar-refractivity contribution in [3.8, 4) is 0 Å². The molecule has 0 aliphatic rings. The Kier molecular flexibility index (Phi) is 5.16. The van der Waals surface area contributed by atoms with Crippen LogP contribution in [-0.2, 0) is 0 Å². The lowest BCUT2D eigenvalue weighted by Gasteiger charge is -2.19. The third-order valence-corrected chi connectivity index (χ3v) is 4.23. The van der Waals surface area contributed by atoms with Gasteiger partial charge in [0.15, 0.2) is 11.6 Å². The van der Waals surface area contributed by atoms with Crippen molar-refractivity contribution < 1.29 is 9.59 Å². The third kappa shape index (κ3) is 3.59. The largest absolute Gasteiger partial charge is 0.355 e. The summed E-state index contributed by atoms with van der Waals surface area (Å²) in [4.78, 5) is 27.5. The Labute approximate surface area is 137 Å². The van der Waals surface area contributed by atoms with E-state index in [2.05, 4.69) is 10.3 Å². The molecule has 2 aromatic rings. The topological polar surface area (TPSA) is 62.0 Å². The summed E-state index contributed by atoms with van der Waals surface area (Å²) in [7, 11) is 0. The summed E-state index contributed by atoms with van der Waals surface area (Å²) in [6.07, 6.45) is 0. The van der Waals surface area contributed by atoms with E-state index in [4.69, 9.17) is 0 Å². The molecule has 0 aliphatic carbocycles. The molecule has 4 nitrogen and oxygen atoms in total. The van der Waals surface area contributed by atoms with Crippen LogP contribution < -0.4 is 5.32 Å². The highest BCUT2D eigenvalue weighted by Crippen LogP contribution is 2.20. The standard InChI is InChI=1S/C19H24N2O2/c1-11-17(15(5)22)13(3)21-18(11)19(23)14(4)20-12(2)16-9-7-6-8-10-16/h6-10,12,14,20-21H,1-5H3/t12-,14+/m1/s1. The molecule has 2 rings (SSSR count). The van der Waals surface area contributed by atoms with Crippen molar-refractivity contribution in [3.63, 3.8) is 0 Å². The molecule has 23 heavy (non-hydrogen) atoms. The number of rotatable bonds is 6. The molecule has 0 spiro atoms. The van der Waals surface area contributed by atoms with Gasteiger partial charge in [-0.1, -0.05) is 30.3 Å². The molecule has 2 N–H and O–H groups in total. The first-order valence-corrected chi connectivity index (χ1v) is 7.88. The highest BCUT2D eigenvalue weighted by molar-refractivity contribution is 6.05. The fourth-order valence-electron chi connectivity index (χ4n) is 3.03. The number of H-pyrrole nitrogens is 1. The van der Waals surface area contributed by atoms with E-state index in [9.17, 15) is 9.59 Å². The van der Waals surface area contributed by atoms with Gasteiger partial charge in [-0.05, 0) is 45.7 Å². The van der Waals surface area contributed by atoms with Crippen molar-refractivity contribution in [1.82, 2.24) is 10.3 Å². The van der Waals surface area contributed by atoms with Crippen LogP contribution >= 0.6 is 0 Å². The lowest BCUT2D eigenvalue weighted by molar-refractivity contribution is 0.0940. The Morgan fingerprint density at radius 1 is 1.09 bits per heavy atom. The molecule has 1 aromatic carbocycles. The number of benzene rings is 1. The van der Waals surface area contributed by atoms with E-state index in [1.807, 2.05) is 58.0 Å². The minimum absolute atomic E-state index is 0.0198. The van der Waals surface area contributed by atoms with Gasteiger partial charge in [0.2, 0.25) is 0 Å². The number of aryl methyl sites for hydroxylation is 1. The zero-order valence-corrected chi connectivity index (χ0v) is 14.4. The molecule has 0 saturated heterocycles. The van der Waals surface area contributed by atoms with E-state index in [0.717, 1.165) is 16.8 Å². The van der Waals surface area contributed by atoms with Crippen molar-refractivity contribution in [2.45, 2.75) is 46.7 Å². The molecule has 4 heteroatoms. The summed E-state index contributed by atoms with van der Waals surface area (Å²) >= 11 is 0. The van der Waals surface area contributed by atoms with Gasteiger partial charge in [-0.3, -0.25) is 9.59 Å². The molecule has 2 atom stereocenters. The van der Waals surface area contributed by atoms with Crippen LogP contribution in [0.15, 0.2) is 30.3 Å². The summed E-state index contributed by atoms with van der Waals surface area (Å²) in [6, 6.07) is 9.73. The Morgan fingerprint density at radius 2 is 1.70 bits per heavy atom. The monoisotopic (exact) mass is 312 g/mol. The van der Waals surface area contributed by atoms with Gasteiger partial charge in [0.1, 0.15) is 0 Å². The van der Waals surface area contributed by atoms with Gasteiger partial charge in [-0.2, -0.15) is 0 Å². The fourth-order valence-corrected chi connectivity index (χ4v) is 3.03. The molecule has 0 bridgehead atoms. The van der Waals surface area contributed by atoms with Crippen molar-refractivity contribution in [1.29, 1.82) is 0 Å². The summed E-state index contributed by atoms with van der Waals surface area (Å²) in [6.45, 7) is 9.06. The van der Waals surface area contributed by atoms with Crippen molar-refractivity contribution >= 4 is 11.6 Å². The number of hydrogen-bond donors (Lipinski definition) is 2. The van der Waals surface area contributed by atoms with Gasteiger partial charge in [-0.25, -0.2) is 0 Å². The van der Waals surface area contributed by atoms with E-state index in [1.165, 1.54) is 6.92 Å². The molecule has 0 aliphatic heterocycles. The zero-order chi connectivity index (χ0) is 17.1. The highest BCUT2D eigenvalue weighted by atomic mass is 16.1. The van der Waals surface area contributed by atoms with Crippen LogP contribution in [0.4, 0.5) is 0 Å². The lowest BCUT2D eigenvalue weighted by atomic mass is 10.0. The Bertz CT molecular complexity index is 716. The predicted molar refractivity (Wildman–Crippen MR) is 92.1 cm³/mol. The van der Waals surface area contributed by atoms with Crippen LogP contribution in [0, 0.1) is 13.8 Å². The van der Waals surface area contributed by atoms with Gasteiger partial charge in [-0.15, -0.1) is 0 Å². The molecule has 0 radical (unpaired) electrons. The van der Waals surface area contributed by atoms with Crippen LogP contribution in [0.3, 0.4) is 0 Å². The van der Waals surface area contributed by atoms with E-state index in [-0.39, 0.29) is 23.7 Å². The summed E-state index contributed by atoms with van der Waals surface area (Å²) in [5, 5.41) is 3.33. The Balaban J connectivity index is 2.17. The van der Waals surface area contributed by atoms with E-state index in [0.29, 0.717) is 11.3 Å². The second-order valence-corrected chi connectivity index (χ2v) is 6.07. The summed E-state index contributed by atoms with van der Waals surface area (Å²) < 4.78 is 0. The van der Waals surface area contributed by atoms with Gasteiger partial charge in [0.05, 0.1) is 11.7 Å². The first-order valence-electron chi connectivity index (χ1n) is 7.88. The SMILES string of the molecule is CC(=O)c1c(C)[nH]c(C(=O)[C@H](C)N[C@H](C)c2ccccc2)c1C. The highest BCUT2D eigenvalue weighted by Gasteiger charge is 2.24. The quantitative estimate of drug-likeness (QED) is 0.798. The fraction of sp³-hybridized carbons (Fsp3) is 0.368. The van der Waals surface area contributed by atoms with Gasteiger partial charge in [0.25, 0.3) is 0 Å². The van der Waals surface area contributed by atoms with Crippen molar-refractivity contribution in [2.75, 3.05) is 0 Å². The van der Waals surface area contributed by atoms with Crippen molar-refractivity contribution in [3.05, 3.63) is 58.4 Å². The minimum Gasteiger partial charge on any atom is -0.355 e. The molecule has 0 amide bonds. The summed E-state index contributed by atoms with van der Waals surface area (Å²) in [5.74, 6) is -0.0468. The molecule has 0 saturated carbocycles. The number of nitrogens with one attached hydrogen (secondary N) is 2. The maximum Gasteiger partial charge on any atom is 0.195 e. The Morgan fingerprint density at radius 3 is 2.22 bits per heavy atom.